The maximum absolute atomic E-state index is 3.79. The minimum absolute atomic E-state index is 1.21. The minimum atomic E-state index is 1.21. The number of hydrogen-bond donors (Lipinski definition) is 0. The molecule has 0 N–H and O–H groups in total. The van der Waals surface area contributed by atoms with Gasteiger partial charge in [0, 0.05) is 0 Å². The second-order valence-electron chi connectivity index (χ2n) is 3.16. The number of fused-ring (bicyclic) bond motifs is 1. The Morgan fingerprint density at radius 2 is 1.33 bits per heavy atom. The van der Waals surface area contributed by atoms with Gasteiger partial charge in [-0.3, -0.25) is 0 Å². The molecule has 0 unspecified atom stereocenters. The van der Waals surface area contributed by atoms with Crippen molar-refractivity contribution in [2.24, 2.45) is 0 Å². The first-order valence-corrected chi connectivity index (χ1v) is 4.26. The summed E-state index contributed by atoms with van der Waals surface area (Å²) in [6, 6.07) is 4.45. The summed E-state index contributed by atoms with van der Waals surface area (Å²) in [5.41, 5.74) is 5.39. The molecule has 0 aliphatic heterocycles. The molecule has 0 heteroatoms. The Morgan fingerprint density at radius 1 is 0.917 bits per heavy atom. The van der Waals surface area contributed by atoms with Crippen molar-refractivity contribution in [3.63, 3.8) is 0 Å². The van der Waals surface area contributed by atoms with Crippen LogP contribution in [0.2, 0.25) is 0 Å². The van der Waals surface area contributed by atoms with E-state index in [4.69, 9.17) is 0 Å². The van der Waals surface area contributed by atoms with Crippen molar-refractivity contribution in [1.82, 2.24) is 0 Å². The molecule has 1 aliphatic carbocycles. The zero-order valence-corrected chi connectivity index (χ0v) is 7.14. The Morgan fingerprint density at radius 3 is 1.58 bits per heavy atom. The van der Waals surface area contributed by atoms with Gasteiger partial charge in [0.15, 0.2) is 0 Å². The molecule has 0 bridgehead atoms. The van der Waals surface area contributed by atoms with Crippen LogP contribution in [0.25, 0.3) is 12.2 Å². The van der Waals surface area contributed by atoms with Crippen molar-refractivity contribution < 1.29 is 0 Å². The maximum Gasteiger partial charge on any atom is -0.0187 e. The van der Waals surface area contributed by atoms with Crippen LogP contribution in [0, 0.1) is 0 Å². The minimum Gasteiger partial charge on any atom is -0.0984 e. The zero-order valence-electron chi connectivity index (χ0n) is 7.14. The van der Waals surface area contributed by atoms with Gasteiger partial charge >= 0.3 is 0 Å². The van der Waals surface area contributed by atoms with Gasteiger partial charge in [-0.05, 0) is 35.1 Å². The monoisotopic (exact) mass is 156 g/mol. The summed E-state index contributed by atoms with van der Waals surface area (Å²) in [6.45, 7) is 7.57. The van der Waals surface area contributed by atoms with Crippen molar-refractivity contribution in [2.75, 3.05) is 0 Å². The quantitative estimate of drug-likeness (QED) is 0.617. The molecule has 1 aromatic rings. The second kappa shape index (κ2) is 2.63. The van der Waals surface area contributed by atoms with Crippen molar-refractivity contribution in [2.45, 2.75) is 12.8 Å². The van der Waals surface area contributed by atoms with Crippen LogP contribution >= 0.6 is 0 Å². The third kappa shape index (κ3) is 0.918. The second-order valence-corrected chi connectivity index (χ2v) is 3.16. The lowest BCUT2D eigenvalue weighted by Crippen LogP contribution is -2.08. The lowest BCUT2D eigenvalue weighted by Gasteiger charge is -2.20. The van der Waals surface area contributed by atoms with E-state index in [0.29, 0.717) is 0 Å². The molecular weight excluding hydrogens is 144 g/mol. The Hall–Kier alpha value is -1.30. The topological polar surface area (TPSA) is 0 Å². The molecule has 0 nitrogen and oxygen atoms in total. The first kappa shape index (κ1) is 7.35. The Balaban J connectivity index is 2.60. The van der Waals surface area contributed by atoms with Crippen LogP contribution in [-0.4, -0.2) is 0 Å². The summed E-state index contributed by atoms with van der Waals surface area (Å²) in [4.78, 5) is 0. The van der Waals surface area contributed by atoms with Crippen molar-refractivity contribution >= 4 is 12.2 Å². The van der Waals surface area contributed by atoms with Crippen LogP contribution in [0.1, 0.15) is 22.3 Å². The van der Waals surface area contributed by atoms with Gasteiger partial charge in [0.05, 0.1) is 0 Å². The number of rotatable bonds is 2. The molecule has 60 valence electrons. The van der Waals surface area contributed by atoms with E-state index in [2.05, 4.69) is 25.3 Å². The van der Waals surface area contributed by atoms with Crippen LogP contribution in [0.4, 0.5) is 0 Å². The largest absolute Gasteiger partial charge is 0.0984 e. The fraction of sp³-hybridized carbons (Fsp3) is 0.167. The fourth-order valence-corrected chi connectivity index (χ4v) is 1.64. The molecule has 12 heavy (non-hydrogen) atoms. The summed E-state index contributed by atoms with van der Waals surface area (Å²) in [7, 11) is 0. The van der Waals surface area contributed by atoms with Gasteiger partial charge in [-0.1, -0.05) is 37.4 Å². The summed E-state index contributed by atoms with van der Waals surface area (Å²) in [6.07, 6.45) is 6.26. The van der Waals surface area contributed by atoms with Crippen molar-refractivity contribution in [3.8, 4) is 0 Å². The van der Waals surface area contributed by atoms with Gasteiger partial charge in [-0.2, -0.15) is 0 Å². The SMILES string of the molecule is C=Cc1cc2c(cc1C=C)CC2. The van der Waals surface area contributed by atoms with Crippen LogP contribution in [-0.2, 0) is 12.8 Å². The Labute approximate surface area is 73.2 Å². The smallest absolute Gasteiger partial charge is 0.0187 e. The number of hydrogen-bond acceptors (Lipinski definition) is 0. The standard InChI is InChI=1S/C12H12/c1-3-9-7-11-5-6-12(11)8-10(9)4-2/h3-4,7-8H,1-2,5-6H2. The Kier molecular flexibility index (Phi) is 1.61. The Bertz CT molecular complexity index is 310. The normalized spacial score (nSPS) is 13.0. The lowest BCUT2D eigenvalue weighted by atomic mass is 9.85. The molecule has 2 rings (SSSR count). The zero-order chi connectivity index (χ0) is 8.55. The van der Waals surface area contributed by atoms with E-state index >= 15 is 0 Å². The number of aryl methyl sites for hydroxylation is 2. The summed E-state index contributed by atoms with van der Waals surface area (Å²) in [5.74, 6) is 0. The van der Waals surface area contributed by atoms with Crippen LogP contribution in [0.15, 0.2) is 25.3 Å². The molecule has 0 atom stereocenters. The lowest BCUT2D eigenvalue weighted by molar-refractivity contribution is 0.838. The van der Waals surface area contributed by atoms with E-state index in [0.717, 1.165) is 0 Å². The van der Waals surface area contributed by atoms with Gasteiger partial charge in [-0.25, -0.2) is 0 Å². The average Bonchev–Trinajstić information content (AvgIpc) is 2.07. The highest BCUT2D eigenvalue weighted by molar-refractivity contribution is 5.66. The predicted molar refractivity (Wildman–Crippen MR) is 54.0 cm³/mol. The third-order valence-electron chi connectivity index (χ3n) is 2.51. The summed E-state index contributed by atoms with van der Waals surface area (Å²) in [5, 5.41) is 0. The van der Waals surface area contributed by atoms with E-state index in [9.17, 15) is 0 Å². The molecule has 0 amide bonds. The summed E-state index contributed by atoms with van der Waals surface area (Å²) < 4.78 is 0. The molecule has 0 radical (unpaired) electrons. The molecular formula is C12H12. The predicted octanol–water partition coefficient (Wildman–Crippen LogP) is 3.07. The van der Waals surface area contributed by atoms with Crippen LogP contribution in [0.3, 0.4) is 0 Å². The van der Waals surface area contributed by atoms with Gasteiger partial charge in [0.25, 0.3) is 0 Å². The molecule has 0 saturated heterocycles. The number of benzene rings is 1. The van der Waals surface area contributed by atoms with Gasteiger partial charge in [-0.15, -0.1) is 0 Å². The highest BCUT2D eigenvalue weighted by Crippen LogP contribution is 2.27. The van der Waals surface area contributed by atoms with E-state index in [1.165, 1.54) is 35.1 Å². The molecule has 0 fully saturated rings. The van der Waals surface area contributed by atoms with E-state index in [1.54, 1.807) is 0 Å². The molecule has 1 aromatic carbocycles. The molecule has 0 aromatic heterocycles. The highest BCUT2D eigenvalue weighted by atomic mass is 14.2. The van der Waals surface area contributed by atoms with Crippen LogP contribution < -0.4 is 0 Å². The van der Waals surface area contributed by atoms with Gasteiger partial charge < -0.3 is 0 Å². The van der Waals surface area contributed by atoms with E-state index < -0.39 is 0 Å². The molecule has 0 spiro atoms. The van der Waals surface area contributed by atoms with Crippen molar-refractivity contribution in [3.05, 3.63) is 47.5 Å². The van der Waals surface area contributed by atoms with Gasteiger partial charge in [0.2, 0.25) is 0 Å². The van der Waals surface area contributed by atoms with Crippen LogP contribution in [0.5, 0.6) is 0 Å². The third-order valence-corrected chi connectivity index (χ3v) is 2.51. The van der Waals surface area contributed by atoms with E-state index in [1.807, 2.05) is 12.2 Å². The first-order chi connectivity index (χ1) is 5.85. The molecule has 0 heterocycles. The molecule has 0 saturated carbocycles. The molecule has 1 aliphatic rings. The summed E-state index contributed by atoms with van der Waals surface area (Å²) >= 11 is 0. The highest BCUT2D eigenvalue weighted by Gasteiger charge is 2.13. The average molecular weight is 156 g/mol. The fourth-order valence-electron chi connectivity index (χ4n) is 1.64. The van der Waals surface area contributed by atoms with E-state index in [-0.39, 0.29) is 0 Å². The maximum atomic E-state index is 3.79. The van der Waals surface area contributed by atoms with Gasteiger partial charge in [0.1, 0.15) is 0 Å². The van der Waals surface area contributed by atoms with Crippen molar-refractivity contribution in [1.29, 1.82) is 0 Å². The first-order valence-electron chi connectivity index (χ1n) is 4.26.